The normalized spacial score (nSPS) is 11.3. The Morgan fingerprint density at radius 1 is 0.878 bits per heavy atom. The minimum Gasteiger partial charge on any atom is -0.494 e. The predicted molar refractivity (Wildman–Crippen MR) is 166 cm³/mol. The molecule has 0 aliphatic rings. The van der Waals surface area contributed by atoms with E-state index in [2.05, 4.69) is 32.9 Å². The van der Waals surface area contributed by atoms with E-state index in [9.17, 15) is 4.79 Å². The van der Waals surface area contributed by atoms with Crippen LogP contribution in [0.15, 0.2) is 113 Å². The van der Waals surface area contributed by atoms with Crippen LogP contribution in [0.25, 0.3) is 28.2 Å². The number of ether oxygens (including phenoxy) is 1. The zero-order valence-corrected chi connectivity index (χ0v) is 24.2. The second-order valence-corrected chi connectivity index (χ2v) is 10.4. The molecule has 0 spiro atoms. The maximum absolute atomic E-state index is 12.7. The van der Waals surface area contributed by atoms with Crippen LogP contribution < -0.4 is 10.2 Å². The van der Waals surface area contributed by atoms with E-state index in [1.165, 1.54) is 11.8 Å². The summed E-state index contributed by atoms with van der Waals surface area (Å²) in [6, 6.07) is 33.3. The van der Waals surface area contributed by atoms with Gasteiger partial charge >= 0.3 is 0 Å². The first-order valence-corrected chi connectivity index (χ1v) is 14.4. The van der Waals surface area contributed by atoms with Crippen molar-refractivity contribution >= 4 is 35.0 Å². The van der Waals surface area contributed by atoms with E-state index in [4.69, 9.17) is 16.3 Å². The lowest BCUT2D eigenvalue weighted by atomic mass is 10.0. The van der Waals surface area contributed by atoms with Gasteiger partial charge in [-0.05, 0) is 79.1 Å². The molecule has 1 N–H and O–H groups in total. The van der Waals surface area contributed by atoms with Crippen LogP contribution in [0.3, 0.4) is 0 Å². The topological polar surface area (TPSA) is 81.4 Å². The number of hydrogen-bond acceptors (Lipinski definition) is 6. The van der Waals surface area contributed by atoms with E-state index < -0.39 is 0 Å². The Morgan fingerprint density at radius 3 is 2.22 bits per heavy atom. The number of rotatable bonds is 10. The molecule has 5 rings (SSSR count). The Kier molecular flexibility index (Phi) is 9.13. The standard InChI is InChI=1S/C32H28ClN5O2S/c1-3-40-29-19-17-28(18-20-29)38-31(26-13-15-27(33)16-14-26)36-37-32(38)41-21-30(39)35-34-22(2)23-9-11-25(12-10-23)24-7-5-4-6-8-24/h4-20H,3,21H2,1-2H3,(H,35,39)/b34-22-. The van der Waals surface area contributed by atoms with Crippen molar-refractivity contribution in [2.75, 3.05) is 12.4 Å². The highest BCUT2D eigenvalue weighted by Crippen LogP contribution is 2.29. The summed E-state index contributed by atoms with van der Waals surface area (Å²) in [5, 5.41) is 14.3. The second-order valence-electron chi connectivity index (χ2n) is 9.04. The maximum Gasteiger partial charge on any atom is 0.250 e. The lowest BCUT2D eigenvalue weighted by molar-refractivity contribution is -0.118. The van der Waals surface area contributed by atoms with Gasteiger partial charge in [0, 0.05) is 16.3 Å². The van der Waals surface area contributed by atoms with Crippen molar-refractivity contribution in [2.24, 2.45) is 5.10 Å². The molecule has 7 nitrogen and oxygen atoms in total. The monoisotopic (exact) mass is 581 g/mol. The molecule has 0 radical (unpaired) electrons. The van der Waals surface area contributed by atoms with Crippen molar-refractivity contribution in [2.45, 2.75) is 19.0 Å². The molecule has 0 aliphatic carbocycles. The first-order valence-electron chi connectivity index (χ1n) is 13.1. The summed E-state index contributed by atoms with van der Waals surface area (Å²) in [4.78, 5) is 12.7. The molecule has 206 valence electrons. The molecular formula is C32H28ClN5O2S. The molecule has 0 saturated heterocycles. The number of halogens is 1. The Balaban J connectivity index is 1.29. The zero-order chi connectivity index (χ0) is 28.6. The van der Waals surface area contributed by atoms with Gasteiger partial charge in [0.2, 0.25) is 0 Å². The van der Waals surface area contributed by atoms with E-state index in [1.807, 2.05) is 109 Å². The summed E-state index contributed by atoms with van der Waals surface area (Å²) in [6.45, 7) is 4.39. The number of nitrogens with one attached hydrogen (secondary N) is 1. The molecule has 1 heterocycles. The molecule has 0 aliphatic heterocycles. The first kappa shape index (κ1) is 28.1. The van der Waals surface area contributed by atoms with Crippen molar-refractivity contribution in [1.29, 1.82) is 0 Å². The van der Waals surface area contributed by atoms with E-state index in [-0.39, 0.29) is 11.7 Å². The molecule has 0 atom stereocenters. The molecule has 0 unspecified atom stereocenters. The summed E-state index contributed by atoms with van der Waals surface area (Å²) in [5.74, 6) is 1.28. The van der Waals surface area contributed by atoms with Gasteiger partial charge in [-0.3, -0.25) is 9.36 Å². The molecule has 0 saturated carbocycles. The fraction of sp³-hybridized carbons (Fsp3) is 0.125. The average Bonchev–Trinajstić information content (AvgIpc) is 3.44. The van der Waals surface area contributed by atoms with Crippen LogP contribution in [-0.2, 0) is 4.79 Å². The number of benzene rings is 4. The zero-order valence-electron chi connectivity index (χ0n) is 22.6. The van der Waals surface area contributed by atoms with Gasteiger partial charge in [0.25, 0.3) is 5.91 Å². The van der Waals surface area contributed by atoms with Gasteiger partial charge in [0.05, 0.1) is 18.1 Å². The molecule has 9 heteroatoms. The van der Waals surface area contributed by atoms with E-state index in [1.54, 1.807) is 0 Å². The summed E-state index contributed by atoms with van der Waals surface area (Å²) >= 11 is 7.38. The molecule has 5 aromatic rings. The first-order chi connectivity index (χ1) is 20.0. The van der Waals surface area contributed by atoms with Crippen molar-refractivity contribution in [1.82, 2.24) is 20.2 Å². The number of amides is 1. The van der Waals surface area contributed by atoms with Gasteiger partial charge in [-0.2, -0.15) is 5.10 Å². The number of carbonyl (C=O) groups is 1. The van der Waals surface area contributed by atoms with Gasteiger partial charge in [-0.25, -0.2) is 5.43 Å². The number of hydrazone groups is 1. The van der Waals surface area contributed by atoms with Gasteiger partial charge in [0.1, 0.15) is 5.75 Å². The highest BCUT2D eigenvalue weighted by atomic mass is 35.5. The molecule has 41 heavy (non-hydrogen) atoms. The maximum atomic E-state index is 12.7. The Morgan fingerprint density at radius 2 is 1.54 bits per heavy atom. The second kappa shape index (κ2) is 13.3. The Bertz CT molecular complexity index is 1640. The number of thioether (sulfide) groups is 1. The third-order valence-corrected chi connectivity index (χ3v) is 7.41. The van der Waals surface area contributed by atoms with E-state index >= 15 is 0 Å². The SMILES string of the molecule is CCOc1ccc(-n2c(SCC(=O)N/N=C(/C)c3ccc(-c4ccccc4)cc3)nnc2-c2ccc(Cl)cc2)cc1. The van der Waals surface area contributed by atoms with Gasteiger partial charge in [0.15, 0.2) is 11.0 Å². The third kappa shape index (κ3) is 7.03. The molecule has 0 bridgehead atoms. The Labute approximate surface area is 248 Å². The van der Waals surface area contributed by atoms with Crippen LogP contribution in [0.5, 0.6) is 5.75 Å². The highest BCUT2D eigenvalue weighted by molar-refractivity contribution is 7.99. The number of hydrogen-bond donors (Lipinski definition) is 1. The quantitative estimate of drug-likeness (QED) is 0.106. The summed E-state index contributed by atoms with van der Waals surface area (Å²) in [5.41, 5.74) is 8.28. The van der Waals surface area contributed by atoms with E-state index in [0.717, 1.165) is 33.7 Å². The molecule has 0 fully saturated rings. The largest absolute Gasteiger partial charge is 0.494 e. The Hall–Kier alpha value is -4.40. The van der Waals surface area contributed by atoms with Crippen LogP contribution in [0, 0.1) is 0 Å². The van der Waals surface area contributed by atoms with Gasteiger partial charge in [-0.1, -0.05) is 78.0 Å². The van der Waals surface area contributed by atoms with E-state index in [0.29, 0.717) is 28.3 Å². The highest BCUT2D eigenvalue weighted by Gasteiger charge is 2.17. The van der Waals surface area contributed by atoms with Crippen LogP contribution in [0.2, 0.25) is 5.02 Å². The van der Waals surface area contributed by atoms with Crippen LogP contribution >= 0.6 is 23.4 Å². The molecule has 4 aromatic carbocycles. The minimum atomic E-state index is -0.246. The summed E-state index contributed by atoms with van der Waals surface area (Å²) in [6.07, 6.45) is 0. The molecule has 1 amide bonds. The van der Waals surface area contributed by atoms with Gasteiger partial charge in [-0.15, -0.1) is 10.2 Å². The smallest absolute Gasteiger partial charge is 0.250 e. The molecular weight excluding hydrogens is 554 g/mol. The van der Waals surface area contributed by atoms with Crippen molar-refractivity contribution in [3.63, 3.8) is 0 Å². The van der Waals surface area contributed by atoms with Gasteiger partial charge < -0.3 is 4.74 Å². The fourth-order valence-corrected chi connectivity index (χ4v) is 5.02. The predicted octanol–water partition coefficient (Wildman–Crippen LogP) is 7.29. The van der Waals surface area contributed by atoms with Crippen LogP contribution in [0.4, 0.5) is 0 Å². The summed E-state index contributed by atoms with van der Waals surface area (Å²) < 4.78 is 7.51. The van der Waals surface area contributed by atoms with Crippen molar-refractivity contribution in [3.8, 4) is 34.0 Å². The molecule has 1 aromatic heterocycles. The lowest BCUT2D eigenvalue weighted by Gasteiger charge is -2.11. The fourth-order valence-electron chi connectivity index (χ4n) is 4.15. The van der Waals surface area contributed by atoms with Crippen LogP contribution in [0.1, 0.15) is 19.4 Å². The average molecular weight is 582 g/mol. The number of nitrogens with zero attached hydrogens (tertiary/aromatic N) is 4. The number of aromatic nitrogens is 3. The van der Waals surface area contributed by atoms with Crippen molar-refractivity contribution in [3.05, 3.63) is 114 Å². The van der Waals surface area contributed by atoms with Crippen molar-refractivity contribution < 1.29 is 9.53 Å². The third-order valence-electron chi connectivity index (χ3n) is 6.23. The lowest BCUT2D eigenvalue weighted by Crippen LogP contribution is -2.21. The number of carbonyl (C=O) groups excluding carboxylic acids is 1. The minimum absolute atomic E-state index is 0.111. The van der Waals surface area contributed by atoms with Crippen LogP contribution in [-0.4, -0.2) is 38.7 Å². The summed E-state index contributed by atoms with van der Waals surface area (Å²) in [7, 11) is 0.